The summed E-state index contributed by atoms with van der Waals surface area (Å²) in [5, 5.41) is 4.24. The van der Waals surface area contributed by atoms with Crippen molar-refractivity contribution in [2.75, 3.05) is 0 Å². The zero-order valence-electron chi connectivity index (χ0n) is 11.8. The first-order valence-corrected chi connectivity index (χ1v) is 6.44. The molecule has 2 aromatic rings. The van der Waals surface area contributed by atoms with Gasteiger partial charge in [0.05, 0.1) is 17.3 Å². The van der Waals surface area contributed by atoms with Gasteiger partial charge in [-0.3, -0.25) is 16.0 Å². The predicted octanol–water partition coefficient (Wildman–Crippen LogP) is 2.49. The summed E-state index contributed by atoms with van der Waals surface area (Å²) in [6, 6.07) is 6.66. The number of rotatable bonds is 4. The molecule has 1 aromatic carbocycles. The van der Waals surface area contributed by atoms with E-state index in [4.69, 9.17) is 5.84 Å². The fourth-order valence-electron chi connectivity index (χ4n) is 2.24. The van der Waals surface area contributed by atoms with E-state index < -0.39 is 11.7 Å². The SMILES string of the molecule is Cc1cc(CC(NN)c2ccc(C(F)(F)F)cc2)n(C)n1. The van der Waals surface area contributed by atoms with Crippen LogP contribution in [0, 0.1) is 6.92 Å². The highest BCUT2D eigenvalue weighted by atomic mass is 19.4. The smallest absolute Gasteiger partial charge is 0.272 e. The summed E-state index contributed by atoms with van der Waals surface area (Å²) in [5.74, 6) is 5.53. The van der Waals surface area contributed by atoms with E-state index in [0.29, 0.717) is 12.0 Å². The maximum Gasteiger partial charge on any atom is 0.416 e. The number of hydrazine groups is 1. The Balaban J connectivity index is 2.20. The van der Waals surface area contributed by atoms with E-state index in [0.717, 1.165) is 23.5 Å². The van der Waals surface area contributed by atoms with Crippen LogP contribution < -0.4 is 11.3 Å². The number of nitrogens with zero attached hydrogens (tertiary/aromatic N) is 2. The summed E-state index contributed by atoms with van der Waals surface area (Å²) in [6.07, 6.45) is -3.79. The van der Waals surface area contributed by atoms with Gasteiger partial charge < -0.3 is 0 Å². The van der Waals surface area contributed by atoms with Crippen LogP contribution in [0.3, 0.4) is 0 Å². The van der Waals surface area contributed by atoms with Gasteiger partial charge in [-0.05, 0) is 30.7 Å². The third kappa shape index (κ3) is 3.62. The van der Waals surface area contributed by atoms with Crippen molar-refractivity contribution < 1.29 is 13.2 Å². The van der Waals surface area contributed by atoms with Crippen LogP contribution >= 0.6 is 0 Å². The van der Waals surface area contributed by atoms with E-state index in [2.05, 4.69) is 10.5 Å². The van der Waals surface area contributed by atoms with Crippen molar-refractivity contribution >= 4 is 0 Å². The minimum Gasteiger partial charge on any atom is -0.272 e. The topological polar surface area (TPSA) is 55.9 Å². The minimum atomic E-state index is -4.33. The highest BCUT2D eigenvalue weighted by molar-refractivity contribution is 5.28. The minimum absolute atomic E-state index is 0.276. The number of nitrogens with one attached hydrogen (secondary N) is 1. The van der Waals surface area contributed by atoms with Crippen molar-refractivity contribution in [3.05, 3.63) is 52.8 Å². The normalized spacial score (nSPS) is 13.4. The van der Waals surface area contributed by atoms with Gasteiger partial charge in [0.2, 0.25) is 0 Å². The number of hydrogen-bond donors (Lipinski definition) is 2. The molecule has 0 aliphatic carbocycles. The van der Waals surface area contributed by atoms with E-state index in [1.54, 1.807) is 4.68 Å². The molecule has 0 saturated carbocycles. The Labute approximate surface area is 120 Å². The second-order valence-corrected chi connectivity index (χ2v) is 4.94. The number of halogens is 3. The van der Waals surface area contributed by atoms with Gasteiger partial charge >= 0.3 is 6.18 Å². The number of hydrogen-bond acceptors (Lipinski definition) is 3. The van der Waals surface area contributed by atoms with Crippen molar-refractivity contribution in [1.82, 2.24) is 15.2 Å². The molecule has 3 N–H and O–H groups in total. The van der Waals surface area contributed by atoms with Crippen LogP contribution in [0.4, 0.5) is 13.2 Å². The standard InChI is InChI=1S/C14H17F3N4/c1-9-7-12(21(2)20-9)8-13(19-18)10-3-5-11(6-4-10)14(15,16)17/h3-7,13,19H,8,18H2,1-2H3. The van der Waals surface area contributed by atoms with E-state index in [-0.39, 0.29) is 6.04 Å². The Morgan fingerprint density at radius 3 is 2.33 bits per heavy atom. The Hall–Kier alpha value is -1.86. The molecule has 0 radical (unpaired) electrons. The van der Waals surface area contributed by atoms with Gasteiger partial charge in [-0.1, -0.05) is 12.1 Å². The number of aromatic nitrogens is 2. The molecule has 1 atom stereocenters. The van der Waals surface area contributed by atoms with Crippen LogP contribution in [0.2, 0.25) is 0 Å². The van der Waals surface area contributed by atoms with Crippen LogP contribution in [0.25, 0.3) is 0 Å². The first-order chi connectivity index (χ1) is 9.81. The summed E-state index contributed by atoms with van der Waals surface area (Å²) >= 11 is 0. The molecule has 0 saturated heterocycles. The number of aryl methyl sites for hydroxylation is 2. The molecule has 114 valence electrons. The second kappa shape index (κ2) is 5.87. The summed E-state index contributed by atoms with van der Waals surface area (Å²) in [7, 11) is 1.82. The van der Waals surface area contributed by atoms with Gasteiger partial charge in [0.25, 0.3) is 0 Å². The first-order valence-electron chi connectivity index (χ1n) is 6.44. The van der Waals surface area contributed by atoms with Crippen LogP contribution in [-0.4, -0.2) is 9.78 Å². The van der Waals surface area contributed by atoms with Crippen LogP contribution in [0.15, 0.2) is 30.3 Å². The number of benzene rings is 1. The molecule has 2 rings (SSSR count). The van der Waals surface area contributed by atoms with E-state index in [1.165, 1.54) is 12.1 Å². The Morgan fingerprint density at radius 2 is 1.90 bits per heavy atom. The number of alkyl halides is 3. The molecular weight excluding hydrogens is 281 g/mol. The molecule has 1 aromatic heterocycles. The average Bonchev–Trinajstić information content (AvgIpc) is 2.73. The van der Waals surface area contributed by atoms with Crippen LogP contribution in [0.1, 0.15) is 28.6 Å². The van der Waals surface area contributed by atoms with E-state index >= 15 is 0 Å². The van der Waals surface area contributed by atoms with Crippen molar-refractivity contribution in [3.63, 3.8) is 0 Å². The average molecular weight is 298 g/mol. The molecule has 0 aliphatic heterocycles. The molecule has 0 amide bonds. The highest BCUT2D eigenvalue weighted by Gasteiger charge is 2.30. The lowest BCUT2D eigenvalue weighted by Gasteiger charge is -2.17. The van der Waals surface area contributed by atoms with E-state index in [1.807, 2.05) is 20.0 Å². The summed E-state index contributed by atoms with van der Waals surface area (Å²) in [6.45, 7) is 1.88. The van der Waals surface area contributed by atoms with Crippen molar-refractivity contribution in [1.29, 1.82) is 0 Å². The van der Waals surface area contributed by atoms with Crippen LogP contribution in [0.5, 0.6) is 0 Å². The Morgan fingerprint density at radius 1 is 1.29 bits per heavy atom. The molecular formula is C14H17F3N4. The van der Waals surface area contributed by atoms with Gasteiger partial charge in [-0.25, -0.2) is 0 Å². The maximum absolute atomic E-state index is 12.6. The third-order valence-electron chi connectivity index (χ3n) is 3.35. The molecule has 7 heteroatoms. The Bertz CT molecular complexity index is 602. The monoisotopic (exact) mass is 298 g/mol. The van der Waals surface area contributed by atoms with Crippen LogP contribution in [-0.2, 0) is 19.6 Å². The zero-order valence-corrected chi connectivity index (χ0v) is 11.8. The summed E-state index contributed by atoms with van der Waals surface area (Å²) in [5.41, 5.74) is 4.51. The number of nitrogens with two attached hydrogens (primary N) is 1. The quantitative estimate of drug-likeness (QED) is 0.673. The molecule has 4 nitrogen and oxygen atoms in total. The molecule has 21 heavy (non-hydrogen) atoms. The van der Waals surface area contributed by atoms with Crippen molar-refractivity contribution in [3.8, 4) is 0 Å². The summed E-state index contributed by atoms with van der Waals surface area (Å²) < 4.78 is 39.4. The van der Waals surface area contributed by atoms with Crippen molar-refractivity contribution in [2.45, 2.75) is 25.6 Å². The zero-order chi connectivity index (χ0) is 15.6. The molecule has 1 unspecified atom stereocenters. The van der Waals surface area contributed by atoms with Gasteiger partial charge in [0, 0.05) is 19.2 Å². The van der Waals surface area contributed by atoms with E-state index in [9.17, 15) is 13.2 Å². The second-order valence-electron chi connectivity index (χ2n) is 4.94. The Kier molecular flexibility index (Phi) is 4.34. The largest absolute Gasteiger partial charge is 0.416 e. The van der Waals surface area contributed by atoms with Gasteiger partial charge in [0.15, 0.2) is 0 Å². The van der Waals surface area contributed by atoms with Gasteiger partial charge in [-0.2, -0.15) is 18.3 Å². The lowest BCUT2D eigenvalue weighted by Crippen LogP contribution is -2.30. The van der Waals surface area contributed by atoms with Gasteiger partial charge in [0.1, 0.15) is 0 Å². The predicted molar refractivity (Wildman–Crippen MR) is 73.2 cm³/mol. The molecule has 0 aliphatic rings. The maximum atomic E-state index is 12.6. The third-order valence-corrected chi connectivity index (χ3v) is 3.35. The lowest BCUT2D eigenvalue weighted by atomic mass is 10.0. The lowest BCUT2D eigenvalue weighted by molar-refractivity contribution is -0.137. The molecule has 0 bridgehead atoms. The van der Waals surface area contributed by atoms with Gasteiger partial charge in [-0.15, -0.1) is 0 Å². The fraction of sp³-hybridized carbons (Fsp3) is 0.357. The van der Waals surface area contributed by atoms with Crippen molar-refractivity contribution in [2.24, 2.45) is 12.9 Å². The first kappa shape index (κ1) is 15.5. The fourth-order valence-corrected chi connectivity index (χ4v) is 2.24. The summed E-state index contributed by atoms with van der Waals surface area (Å²) in [4.78, 5) is 0. The molecule has 1 heterocycles. The highest BCUT2D eigenvalue weighted by Crippen LogP contribution is 2.30. The molecule has 0 fully saturated rings. The molecule has 0 spiro atoms.